The number of fused-ring (bicyclic) bond motifs is 1. The van der Waals surface area contributed by atoms with Crippen molar-refractivity contribution in [3.05, 3.63) is 49.6 Å². The molecule has 3 rings (SSSR count). The van der Waals surface area contributed by atoms with Gasteiger partial charge in [0.1, 0.15) is 34.8 Å². The summed E-state index contributed by atoms with van der Waals surface area (Å²) < 4.78 is 23.7. The van der Waals surface area contributed by atoms with E-state index in [9.17, 15) is 14.7 Å². The SMILES string of the molecule is CCOC(=O)Cc1oc2c(CC)c(Br)c(Oc3ccc(OC)c(C(C)C)c3)c(Br)c2c1C(=O)O. The van der Waals surface area contributed by atoms with E-state index in [4.69, 9.17) is 18.6 Å². The molecule has 1 heterocycles. The second-order valence-corrected chi connectivity index (χ2v) is 9.43. The molecule has 0 fully saturated rings. The van der Waals surface area contributed by atoms with Gasteiger partial charge in [0, 0.05) is 11.1 Å². The monoisotopic (exact) mass is 596 g/mol. The standard InChI is InChI=1S/C25H26Br2O7/c1-6-14-21(26)24(33-13-8-9-16(31-5)15(10-13)12(3)4)22(27)20-19(25(29)30)17(34-23(14)20)11-18(28)32-7-2/h8-10,12H,6-7,11H2,1-5H3,(H,29,30). The van der Waals surface area contributed by atoms with Crippen LogP contribution >= 0.6 is 31.9 Å². The Morgan fingerprint density at radius 2 is 1.85 bits per heavy atom. The van der Waals surface area contributed by atoms with Gasteiger partial charge in [-0.05, 0) is 69.3 Å². The predicted molar refractivity (Wildman–Crippen MR) is 135 cm³/mol. The van der Waals surface area contributed by atoms with Crippen LogP contribution in [0.3, 0.4) is 0 Å². The summed E-state index contributed by atoms with van der Waals surface area (Å²) in [6.45, 7) is 7.92. The Kier molecular flexibility index (Phi) is 8.30. The minimum atomic E-state index is -1.21. The second-order valence-electron chi connectivity index (χ2n) is 7.84. The fraction of sp³-hybridized carbons (Fsp3) is 0.360. The second kappa shape index (κ2) is 10.8. The van der Waals surface area contributed by atoms with Gasteiger partial charge >= 0.3 is 11.9 Å². The van der Waals surface area contributed by atoms with Crippen molar-refractivity contribution < 1.29 is 33.3 Å². The van der Waals surface area contributed by atoms with E-state index in [1.807, 2.05) is 19.1 Å². The lowest BCUT2D eigenvalue weighted by molar-refractivity contribution is -0.142. The van der Waals surface area contributed by atoms with E-state index in [-0.39, 0.29) is 30.3 Å². The van der Waals surface area contributed by atoms with Crippen LogP contribution in [0, 0.1) is 0 Å². The number of aryl methyl sites for hydroxylation is 1. The van der Waals surface area contributed by atoms with Gasteiger partial charge in [0.05, 0.1) is 28.0 Å². The molecule has 7 nitrogen and oxygen atoms in total. The number of carboxylic acid groups (broad SMARTS) is 1. The van der Waals surface area contributed by atoms with E-state index in [2.05, 4.69) is 45.7 Å². The number of halogens is 2. The molecule has 9 heteroatoms. The Morgan fingerprint density at radius 1 is 1.15 bits per heavy atom. The summed E-state index contributed by atoms with van der Waals surface area (Å²) in [7, 11) is 1.62. The molecule has 0 unspecified atom stereocenters. The molecule has 1 aromatic heterocycles. The van der Waals surface area contributed by atoms with Gasteiger partial charge in [0.15, 0.2) is 5.75 Å². The first-order chi connectivity index (χ1) is 16.1. The summed E-state index contributed by atoms with van der Waals surface area (Å²) >= 11 is 7.15. The number of carbonyl (C=O) groups excluding carboxylic acids is 1. The van der Waals surface area contributed by atoms with Gasteiger partial charge in [-0.3, -0.25) is 4.79 Å². The zero-order chi connectivity index (χ0) is 25.2. The highest BCUT2D eigenvalue weighted by molar-refractivity contribution is 9.11. The highest BCUT2D eigenvalue weighted by Crippen LogP contribution is 2.48. The van der Waals surface area contributed by atoms with Crippen LogP contribution in [0.25, 0.3) is 11.0 Å². The summed E-state index contributed by atoms with van der Waals surface area (Å²) in [6, 6.07) is 5.53. The van der Waals surface area contributed by atoms with Crippen LogP contribution in [0.1, 0.15) is 60.9 Å². The molecule has 0 aliphatic rings. The van der Waals surface area contributed by atoms with Gasteiger partial charge in [-0.25, -0.2) is 4.79 Å². The van der Waals surface area contributed by atoms with Crippen molar-refractivity contribution in [2.24, 2.45) is 0 Å². The van der Waals surface area contributed by atoms with Gasteiger partial charge in [0.2, 0.25) is 0 Å². The van der Waals surface area contributed by atoms with Crippen LogP contribution in [0.15, 0.2) is 31.6 Å². The first kappa shape index (κ1) is 26.1. The molecule has 182 valence electrons. The Morgan fingerprint density at radius 3 is 2.41 bits per heavy atom. The molecule has 0 aliphatic heterocycles. The summed E-state index contributed by atoms with van der Waals surface area (Å²) in [5.41, 5.74) is 1.99. The van der Waals surface area contributed by atoms with Gasteiger partial charge in [-0.1, -0.05) is 20.8 Å². The molecule has 2 aromatic carbocycles. The number of carboxylic acids is 1. The number of esters is 1. The van der Waals surface area contributed by atoms with Crippen molar-refractivity contribution in [1.29, 1.82) is 0 Å². The molecular formula is C25H26Br2O7. The van der Waals surface area contributed by atoms with Crippen LogP contribution in [-0.2, 0) is 22.4 Å². The maximum Gasteiger partial charge on any atom is 0.339 e. The molecule has 34 heavy (non-hydrogen) atoms. The number of aromatic carboxylic acids is 1. The quantitative estimate of drug-likeness (QED) is 0.260. The van der Waals surface area contributed by atoms with Crippen LogP contribution < -0.4 is 9.47 Å². The van der Waals surface area contributed by atoms with Gasteiger partial charge in [-0.15, -0.1) is 0 Å². The zero-order valence-electron chi connectivity index (χ0n) is 19.6. The van der Waals surface area contributed by atoms with Crippen molar-refractivity contribution in [1.82, 2.24) is 0 Å². The van der Waals surface area contributed by atoms with Crippen LogP contribution in [0.2, 0.25) is 0 Å². The lowest BCUT2D eigenvalue weighted by atomic mass is 10.0. The first-order valence-corrected chi connectivity index (χ1v) is 12.4. The molecule has 0 radical (unpaired) electrons. The fourth-order valence-electron chi connectivity index (χ4n) is 3.79. The van der Waals surface area contributed by atoms with Crippen LogP contribution in [0.5, 0.6) is 17.2 Å². The van der Waals surface area contributed by atoms with E-state index in [1.54, 1.807) is 20.1 Å². The van der Waals surface area contributed by atoms with Crippen molar-refractivity contribution in [2.75, 3.05) is 13.7 Å². The zero-order valence-corrected chi connectivity index (χ0v) is 22.8. The minimum Gasteiger partial charge on any atom is -0.496 e. The van der Waals surface area contributed by atoms with Crippen molar-refractivity contribution in [3.8, 4) is 17.2 Å². The molecule has 0 saturated heterocycles. The van der Waals surface area contributed by atoms with E-state index in [0.717, 1.165) is 16.9 Å². The molecular weight excluding hydrogens is 572 g/mol. The van der Waals surface area contributed by atoms with Crippen molar-refractivity contribution >= 4 is 54.8 Å². The number of benzene rings is 2. The van der Waals surface area contributed by atoms with E-state index >= 15 is 0 Å². The first-order valence-electron chi connectivity index (χ1n) is 10.8. The van der Waals surface area contributed by atoms with Crippen molar-refractivity contribution in [2.45, 2.75) is 46.5 Å². The summed E-state index contributed by atoms with van der Waals surface area (Å²) in [5, 5.41) is 10.3. The molecule has 0 amide bonds. The third-order valence-electron chi connectivity index (χ3n) is 5.36. The summed E-state index contributed by atoms with van der Waals surface area (Å²) in [5.74, 6) is 0.212. The Labute approximate surface area is 214 Å². The third kappa shape index (κ3) is 4.95. The Bertz CT molecular complexity index is 1240. The Hall–Kier alpha value is -2.52. The largest absolute Gasteiger partial charge is 0.496 e. The predicted octanol–water partition coefficient (Wildman–Crippen LogP) is 7.25. The number of furan rings is 1. The number of hydrogen-bond acceptors (Lipinski definition) is 6. The molecule has 0 atom stereocenters. The lowest BCUT2D eigenvalue weighted by Crippen LogP contribution is -2.10. The fourth-order valence-corrected chi connectivity index (χ4v) is 5.45. The lowest BCUT2D eigenvalue weighted by Gasteiger charge is -2.17. The van der Waals surface area contributed by atoms with E-state index < -0.39 is 11.9 Å². The average molecular weight is 598 g/mol. The van der Waals surface area contributed by atoms with Crippen LogP contribution in [-0.4, -0.2) is 30.8 Å². The number of methoxy groups -OCH3 is 1. The molecule has 0 spiro atoms. The van der Waals surface area contributed by atoms with Gasteiger partial charge in [0.25, 0.3) is 0 Å². The normalized spacial score (nSPS) is 11.2. The summed E-state index contributed by atoms with van der Waals surface area (Å²) in [4.78, 5) is 24.3. The van der Waals surface area contributed by atoms with Crippen LogP contribution in [0.4, 0.5) is 0 Å². The highest BCUT2D eigenvalue weighted by Gasteiger charge is 2.30. The molecule has 3 aromatic rings. The molecule has 1 N–H and O–H groups in total. The van der Waals surface area contributed by atoms with Crippen molar-refractivity contribution in [3.63, 3.8) is 0 Å². The number of hydrogen-bond donors (Lipinski definition) is 1. The maximum atomic E-state index is 12.2. The maximum absolute atomic E-state index is 12.2. The molecule has 0 saturated carbocycles. The smallest absolute Gasteiger partial charge is 0.339 e. The topological polar surface area (TPSA) is 95.2 Å². The Balaban J connectivity index is 2.22. The minimum absolute atomic E-state index is 0.0342. The van der Waals surface area contributed by atoms with E-state index in [1.165, 1.54) is 0 Å². The molecule has 0 bridgehead atoms. The third-order valence-corrected chi connectivity index (χ3v) is 6.95. The summed E-state index contributed by atoms with van der Waals surface area (Å²) in [6.07, 6.45) is 0.246. The number of carbonyl (C=O) groups is 2. The number of rotatable bonds is 9. The van der Waals surface area contributed by atoms with Gasteiger partial charge in [-0.2, -0.15) is 0 Å². The van der Waals surface area contributed by atoms with Gasteiger partial charge < -0.3 is 23.7 Å². The molecule has 0 aliphatic carbocycles. The average Bonchev–Trinajstić information content (AvgIpc) is 3.16. The number of ether oxygens (including phenoxy) is 3. The van der Waals surface area contributed by atoms with E-state index in [0.29, 0.717) is 37.8 Å². The highest BCUT2D eigenvalue weighted by atomic mass is 79.9.